The fraction of sp³-hybridized carbons (Fsp3) is 0.417. The maximum absolute atomic E-state index is 11.8. The first-order valence-electron chi connectivity index (χ1n) is 6.08. The Morgan fingerprint density at radius 3 is 2.84 bits per heavy atom. The molecule has 0 bridgehead atoms. The number of oxazole rings is 1. The number of nitrogens with zero attached hydrogens (tertiary/aromatic N) is 3. The highest BCUT2D eigenvalue weighted by Gasteiger charge is 2.09. The third kappa shape index (κ3) is 2.96. The van der Waals surface area contributed by atoms with E-state index in [0.29, 0.717) is 24.7 Å². The number of rotatable bonds is 5. The summed E-state index contributed by atoms with van der Waals surface area (Å²) in [5.41, 5.74) is 0.170. The normalized spacial score (nSPS) is 10.7. The van der Waals surface area contributed by atoms with Gasteiger partial charge >= 0.3 is 0 Å². The lowest BCUT2D eigenvalue weighted by atomic mass is 10.4. The predicted octanol–water partition coefficient (Wildman–Crippen LogP) is 2.08. The van der Waals surface area contributed by atoms with Gasteiger partial charge in [-0.05, 0) is 6.92 Å². The van der Waals surface area contributed by atoms with E-state index < -0.39 is 0 Å². The van der Waals surface area contributed by atoms with Gasteiger partial charge in [-0.25, -0.2) is 9.67 Å². The smallest absolute Gasteiger partial charge is 0.287 e. The fourth-order valence-electron chi connectivity index (χ4n) is 1.58. The second-order valence-corrected chi connectivity index (χ2v) is 4.30. The molecule has 1 N–H and O–H groups in total. The Bertz CT molecular complexity index is 620. The number of hydrogen-bond acceptors (Lipinski definition) is 5. The Morgan fingerprint density at radius 1 is 1.42 bits per heavy atom. The van der Waals surface area contributed by atoms with Gasteiger partial charge in [-0.3, -0.25) is 4.79 Å². The minimum atomic E-state index is -0.309. The van der Waals surface area contributed by atoms with Crippen molar-refractivity contribution in [1.29, 1.82) is 0 Å². The summed E-state index contributed by atoms with van der Waals surface area (Å²) in [5, 5.41) is 7.12. The molecule has 0 amide bonds. The summed E-state index contributed by atoms with van der Waals surface area (Å²) >= 11 is 5.99. The molecule has 0 aliphatic heterocycles. The minimum absolute atomic E-state index is 0.124. The number of aryl methyl sites for hydroxylation is 2. The topological polar surface area (TPSA) is 73.0 Å². The quantitative estimate of drug-likeness (QED) is 0.909. The van der Waals surface area contributed by atoms with Gasteiger partial charge in [0.15, 0.2) is 0 Å². The van der Waals surface area contributed by atoms with Crippen molar-refractivity contribution in [3.8, 4) is 0 Å². The first kappa shape index (κ1) is 13.6. The molecule has 2 aromatic heterocycles. The van der Waals surface area contributed by atoms with Crippen molar-refractivity contribution in [3.63, 3.8) is 0 Å². The Hall–Kier alpha value is -1.82. The standard InChI is InChI=1S/C12H15ClN4O2/c1-3-8-5-15-10(19-8)7-14-9-6-16-17(4-2)12(18)11(9)13/h5-6,14H,3-4,7H2,1-2H3. The zero-order valence-corrected chi connectivity index (χ0v) is 11.6. The molecule has 0 saturated carbocycles. The van der Waals surface area contributed by atoms with Crippen LogP contribution in [0.15, 0.2) is 21.6 Å². The molecule has 0 spiro atoms. The van der Waals surface area contributed by atoms with Crippen LogP contribution in [0.1, 0.15) is 25.5 Å². The molecule has 2 rings (SSSR count). The molecule has 0 radical (unpaired) electrons. The predicted molar refractivity (Wildman–Crippen MR) is 72.4 cm³/mol. The summed E-state index contributed by atoms with van der Waals surface area (Å²) in [5.74, 6) is 1.37. The zero-order valence-electron chi connectivity index (χ0n) is 10.8. The van der Waals surface area contributed by atoms with Gasteiger partial charge in [-0.15, -0.1) is 0 Å². The number of anilines is 1. The van der Waals surface area contributed by atoms with E-state index in [1.807, 2.05) is 13.8 Å². The van der Waals surface area contributed by atoms with E-state index in [1.165, 1.54) is 10.9 Å². The second kappa shape index (κ2) is 5.88. The molecule has 0 unspecified atom stereocenters. The van der Waals surface area contributed by atoms with Crippen LogP contribution < -0.4 is 10.9 Å². The van der Waals surface area contributed by atoms with Crippen molar-refractivity contribution in [1.82, 2.24) is 14.8 Å². The first-order valence-corrected chi connectivity index (χ1v) is 6.46. The average molecular weight is 283 g/mol. The van der Waals surface area contributed by atoms with Crippen LogP contribution in [-0.4, -0.2) is 14.8 Å². The maximum atomic E-state index is 11.8. The number of nitrogens with one attached hydrogen (secondary N) is 1. The van der Waals surface area contributed by atoms with E-state index in [0.717, 1.165) is 12.2 Å². The maximum Gasteiger partial charge on any atom is 0.287 e. The summed E-state index contributed by atoms with van der Waals surface area (Å²) in [6.45, 7) is 4.66. The molecule has 0 aliphatic carbocycles. The van der Waals surface area contributed by atoms with Gasteiger partial charge in [0.05, 0.1) is 24.6 Å². The largest absolute Gasteiger partial charge is 0.444 e. The third-order valence-corrected chi connectivity index (χ3v) is 3.03. The van der Waals surface area contributed by atoms with Gasteiger partial charge in [-0.1, -0.05) is 18.5 Å². The molecule has 6 nitrogen and oxygen atoms in total. The van der Waals surface area contributed by atoms with Crippen molar-refractivity contribution in [2.75, 3.05) is 5.32 Å². The third-order valence-electron chi connectivity index (χ3n) is 2.66. The SMILES string of the molecule is CCc1cnc(CNc2cnn(CC)c(=O)c2Cl)o1. The van der Waals surface area contributed by atoms with Crippen LogP contribution in [0.3, 0.4) is 0 Å². The molecule has 19 heavy (non-hydrogen) atoms. The van der Waals surface area contributed by atoms with Crippen molar-refractivity contribution in [3.05, 3.63) is 39.4 Å². The Labute approximate surface area is 115 Å². The van der Waals surface area contributed by atoms with Gasteiger partial charge < -0.3 is 9.73 Å². The van der Waals surface area contributed by atoms with Gasteiger partial charge in [-0.2, -0.15) is 5.10 Å². The minimum Gasteiger partial charge on any atom is -0.444 e. The molecule has 2 aromatic rings. The molecule has 0 aliphatic rings. The van der Waals surface area contributed by atoms with E-state index in [9.17, 15) is 4.79 Å². The molecule has 0 atom stereocenters. The highest BCUT2D eigenvalue weighted by molar-refractivity contribution is 6.32. The average Bonchev–Trinajstić information content (AvgIpc) is 2.88. The monoisotopic (exact) mass is 282 g/mol. The van der Waals surface area contributed by atoms with Crippen molar-refractivity contribution in [2.45, 2.75) is 33.4 Å². The lowest BCUT2D eigenvalue weighted by Crippen LogP contribution is -2.23. The second-order valence-electron chi connectivity index (χ2n) is 3.92. The van der Waals surface area contributed by atoms with Gasteiger partial charge in [0, 0.05) is 13.0 Å². The number of halogens is 1. The summed E-state index contributed by atoms with van der Waals surface area (Å²) in [7, 11) is 0. The summed E-state index contributed by atoms with van der Waals surface area (Å²) < 4.78 is 6.75. The van der Waals surface area contributed by atoms with E-state index in [-0.39, 0.29) is 10.6 Å². The van der Waals surface area contributed by atoms with Crippen LogP contribution in [-0.2, 0) is 19.5 Å². The molecule has 7 heteroatoms. The lowest BCUT2D eigenvalue weighted by molar-refractivity contribution is 0.465. The molecule has 0 aromatic carbocycles. The Balaban J connectivity index is 2.11. The zero-order chi connectivity index (χ0) is 13.8. The molecular weight excluding hydrogens is 268 g/mol. The molecule has 0 saturated heterocycles. The molecule has 0 fully saturated rings. The van der Waals surface area contributed by atoms with Crippen LogP contribution in [0.4, 0.5) is 5.69 Å². The summed E-state index contributed by atoms with van der Waals surface area (Å²) in [4.78, 5) is 15.9. The first-order chi connectivity index (χ1) is 9.15. The number of aromatic nitrogens is 3. The molecule has 2 heterocycles. The van der Waals surface area contributed by atoms with Crippen LogP contribution in [0.5, 0.6) is 0 Å². The highest BCUT2D eigenvalue weighted by Crippen LogP contribution is 2.16. The Morgan fingerprint density at radius 2 is 2.21 bits per heavy atom. The van der Waals surface area contributed by atoms with E-state index in [1.54, 1.807) is 6.20 Å². The van der Waals surface area contributed by atoms with Crippen LogP contribution in [0.25, 0.3) is 0 Å². The summed E-state index contributed by atoms with van der Waals surface area (Å²) in [6.07, 6.45) is 4.00. The van der Waals surface area contributed by atoms with E-state index in [4.69, 9.17) is 16.0 Å². The van der Waals surface area contributed by atoms with E-state index >= 15 is 0 Å². The van der Waals surface area contributed by atoms with Crippen molar-refractivity contribution < 1.29 is 4.42 Å². The lowest BCUT2D eigenvalue weighted by Gasteiger charge is -2.07. The van der Waals surface area contributed by atoms with Gasteiger partial charge in [0.25, 0.3) is 5.56 Å². The number of hydrogen-bond donors (Lipinski definition) is 1. The molecule has 102 valence electrons. The van der Waals surface area contributed by atoms with Crippen LogP contribution in [0, 0.1) is 0 Å². The van der Waals surface area contributed by atoms with Crippen molar-refractivity contribution >= 4 is 17.3 Å². The summed E-state index contributed by atoms with van der Waals surface area (Å²) in [6, 6.07) is 0. The fourth-order valence-corrected chi connectivity index (χ4v) is 1.79. The van der Waals surface area contributed by atoms with Gasteiger partial charge in [0.2, 0.25) is 5.89 Å². The highest BCUT2D eigenvalue weighted by atomic mass is 35.5. The van der Waals surface area contributed by atoms with Crippen molar-refractivity contribution in [2.24, 2.45) is 0 Å². The van der Waals surface area contributed by atoms with Crippen LogP contribution in [0.2, 0.25) is 5.02 Å². The Kier molecular flexibility index (Phi) is 4.21. The van der Waals surface area contributed by atoms with E-state index in [2.05, 4.69) is 15.4 Å². The van der Waals surface area contributed by atoms with Crippen LogP contribution >= 0.6 is 11.6 Å². The molecular formula is C12H15ClN4O2. The van der Waals surface area contributed by atoms with Gasteiger partial charge in [0.1, 0.15) is 10.8 Å².